The molecule has 5 rings (SSSR count). The van der Waals surface area contributed by atoms with E-state index < -0.39 is 48.6 Å². The average Bonchev–Trinajstić information content (AvgIpc) is 4.17. The SMILES string of the molecule is CC(C)(C)OC(=O)N[C@H]1CCC[C@H]1O.O=S(Cl)Cl.O=S1(=O)N[C@H]2CCC[C@H]2O1.O=S1N[C@H]2CCC[C@H]2O1.S=S=S=S=S=S=S=S=S=S=S=S=S=S=S=S=S=S.S=S=S=S=S=S=S=S=S=S=S=S=S=S=S=S=S=S=S. The van der Waals surface area contributed by atoms with Crippen LogP contribution in [0.4, 0.5) is 4.79 Å². The van der Waals surface area contributed by atoms with Crippen molar-refractivity contribution >= 4 is 396 Å². The van der Waals surface area contributed by atoms with Crippen molar-refractivity contribution in [3.05, 3.63) is 0 Å². The van der Waals surface area contributed by atoms with Gasteiger partial charge in [-0.05, 0) is 78.6 Å². The molecule has 2 heterocycles. The van der Waals surface area contributed by atoms with E-state index in [1.165, 1.54) is 41.9 Å². The van der Waals surface area contributed by atoms with Crippen LogP contribution in [-0.4, -0.2) is 70.1 Å². The maximum absolute atomic E-state index is 11.3. The Bertz CT molecular complexity index is 3390. The molecule has 4 N–H and O–H groups in total. The number of rotatable bonds is 1. The molecular formula is C20H37Cl2N3O9S40. The molecule has 1 amide bonds. The third-order valence-corrected chi connectivity index (χ3v) is 77.9. The van der Waals surface area contributed by atoms with Crippen LogP contribution in [0.2, 0.25) is 0 Å². The third-order valence-electron chi connectivity index (χ3n) is 6.95. The number of hydrogen-bond acceptors (Lipinski definition) is 13. The smallest absolute Gasteiger partial charge is 0.407 e. The monoisotopic (exact) mass is 1810 g/mol. The molecule has 3 saturated carbocycles. The number of halogens is 2. The van der Waals surface area contributed by atoms with E-state index in [4.69, 9.17) is 62.1 Å². The number of alkyl carbamates (subject to hydrolysis) is 1. The summed E-state index contributed by atoms with van der Waals surface area (Å²) < 4.78 is 61.3. The van der Waals surface area contributed by atoms with Crippen LogP contribution >= 0.6 is 21.4 Å². The normalized spacial score (nSPS) is 21.3. The molecule has 0 aromatic heterocycles. The number of aliphatic hydroxyl groups excluding tert-OH is 1. The van der Waals surface area contributed by atoms with Gasteiger partial charge in [0, 0.05) is 365 Å². The molecule has 12 nitrogen and oxygen atoms in total. The molecule has 0 aromatic carbocycles. The number of aliphatic hydroxyl groups is 1. The van der Waals surface area contributed by atoms with Crippen molar-refractivity contribution in [2.24, 2.45) is 0 Å². The minimum absolute atomic E-state index is 0.0602. The molecule has 5 aliphatic rings. The van der Waals surface area contributed by atoms with Gasteiger partial charge in [-0.25, -0.2) is 17.9 Å². The zero-order chi connectivity index (χ0) is 55.1. The van der Waals surface area contributed by atoms with Crippen molar-refractivity contribution in [2.75, 3.05) is 0 Å². The Morgan fingerprint density at radius 2 is 0.919 bits per heavy atom. The van der Waals surface area contributed by atoms with Gasteiger partial charge in [0.15, 0.2) is 0 Å². The van der Waals surface area contributed by atoms with E-state index in [1.807, 2.05) is 20.8 Å². The van der Waals surface area contributed by atoms with Crippen molar-refractivity contribution in [1.82, 2.24) is 14.8 Å². The highest BCUT2D eigenvalue weighted by atomic mass is 36.0. The summed E-state index contributed by atoms with van der Waals surface area (Å²) in [6.07, 6.45) is 8.13. The van der Waals surface area contributed by atoms with Crippen LogP contribution in [0.5, 0.6) is 0 Å². The first-order valence-corrected chi connectivity index (χ1v) is 69.9. The molecule has 0 aromatic rings. The fourth-order valence-corrected chi connectivity index (χ4v) is 86.8. The van der Waals surface area contributed by atoms with E-state index in [9.17, 15) is 22.5 Å². The third kappa shape index (κ3) is 54.2. The number of carbonyl (C=O) groups excluding carboxylic acids is 1. The van der Waals surface area contributed by atoms with Gasteiger partial charge in [0.1, 0.15) is 5.60 Å². The lowest BCUT2D eigenvalue weighted by Crippen LogP contribution is -2.42. The first-order valence-electron chi connectivity index (χ1n) is 18.0. The predicted octanol–water partition coefficient (Wildman–Crippen LogP) is 2.26. The number of amides is 1. The minimum atomic E-state index is -3.36. The molecule has 0 bridgehead atoms. The van der Waals surface area contributed by atoms with Gasteiger partial charge in [-0.1, -0.05) is 0 Å². The van der Waals surface area contributed by atoms with E-state index in [0.717, 1.165) is 51.4 Å². The molecule has 0 radical (unpaired) electrons. The summed E-state index contributed by atoms with van der Waals surface area (Å²) >= 11 is 17.8. The van der Waals surface area contributed by atoms with E-state index in [1.54, 1.807) is 258 Å². The summed E-state index contributed by atoms with van der Waals surface area (Å²) in [5.41, 5.74) is -0.479. The first kappa shape index (κ1) is 82.0. The van der Waals surface area contributed by atoms with Crippen LogP contribution < -0.4 is 14.8 Å². The number of carbonyl (C=O) groups is 1. The Balaban J connectivity index is 0.000000900. The standard InChI is InChI=1S/C10H19NO3.C5H9NO3S.C5H9NO2S.Cl2OS.S19.S18/c1-10(2,3)14-9(13)11-7-5-4-6-8(7)12;7-10(8)6-4-2-1-3-5(4)9-10;7-9-6-4-2-1-3-5(4)8-9;1-4(2)3;1-3-5-7-9-11-13-15-17-19-18-16-14-12-10-8-6-4-2;1-3-5-7-9-11-13-15-17-18-16-14-12-10-8-6-4-2/h7-8,12H,4-6H2,1-3H3,(H,11,13);4-6H,1-3H2;4-6H,1-3H2;;;/t7-,8+;4-,5+;4-,5+,9?;;;/m000.../s1. The lowest BCUT2D eigenvalue weighted by Gasteiger charge is -2.22. The molecule has 54 heteroatoms. The summed E-state index contributed by atoms with van der Waals surface area (Å²) in [5.74, 6) is 0. The van der Waals surface area contributed by atoms with Crippen molar-refractivity contribution in [3.8, 4) is 0 Å². The average molecular weight is 1820 g/mol. The highest BCUT2D eigenvalue weighted by molar-refractivity contribution is 8.79. The van der Waals surface area contributed by atoms with Gasteiger partial charge < -0.3 is 15.2 Å². The van der Waals surface area contributed by atoms with Crippen LogP contribution in [0.3, 0.4) is 0 Å². The first-order chi connectivity index (χ1) is 35.5. The largest absolute Gasteiger partial charge is 0.444 e. The summed E-state index contributed by atoms with van der Waals surface area (Å²) in [4.78, 5) is 11.3. The van der Waals surface area contributed by atoms with Gasteiger partial charge >= 0.3 is 16.4 Å². The molecular weight excluding hydrogens is 1780 g/mol. The molecule has 7 atom stereocenters. The van der Waals surface area contributed by atoms with Gasteiger partial charge in [-0.2, -0.15) is 13.1 Å². The Labute approximate surface area is 559 Å². The number of ether oxygens (including phenoxy) is 1. The van der Waals surface area contributed by atoms with E-state index >= 15 is 0 Å². The Morgan fingerprint density at radius 3 is 1.22 bits per heavy atom. The molecule has 2 saturated heterocycles. The predicted molar refractivity (Wildman–Crippen MR) is 414 cm³/mol. The molecule has 3 aliphatic carbocycles. The summed E-state index contributed by atoms with van der Waals surface area (Å²) in [6, 6.07) is 0.306. The van der Waals surface area contributed by atoms with Gasteiger partial charge in [0.2, 0.25) is 20.5 Å². The van der Waals surface area contributed by atoms with Gasteiger partial charge in [-0.15, -0.1) is 0 Å². The second kappa shape index (κ2) is 57.5. The van der Waals surface area contributed by atoms with Gasteiger partial charge in [0.25, 0.3) is 0 Å². The van der Waals surface area contributed by atoms with Crippen molar-refractivity contribution in [3.63, 3.8) is 0 Å². The topological polar surface area (TPSA) is 169 Å². The minimum Gasteiger partial charge on any atom is -0.444 e. The molecule has 1 unspecified atom stereocenters. The zero-order valence-corrected chi connectivity index (χ0v) is 70.3. The molecule has 0 spiro atoms. The summed E-state index contributed by atoms with van der Waals surface area (Å²) in [5, 5.41) is 12.1. The lowest BCUT2D eigenvalue weighted by atomic mass is 10.2. The quantitative estimate of drug-likeness (QED) is 0.283. The van der Waals surface area contributed by atoms with Crippen LogP contribution in [0, 0.1) is 0 Å². The second-order valence-electron chi connectivity index (χ2n) is 12.4. The van der Waals surface area contributed by atoms with Gasteiger partial charge in [0.05, 0.1) is 30.4 Å². The van der Waals surface area contributed by atoms with Crippen molar-refractivity contribution in [2.45, 2.75) is 121 Å². The van der Waals surface area contributed by atoms with E-state index in [-0.39, 0.29) is 24.3 Å². The number of hydrogen-bond donors (Lipinski definition) is 4. The maximum atomic E-state index is 11.3. The fourth-order valence-electron chi connectivity index (χ4n) is 4.89. The number of fused-ring (bicyclic) bond motifs is 2. The van der Waals surface area contributed by atoms with E-state index in [0.29, 0.717) is 6.04 Å². The molecule has 440 valence electrons. The van der Waals surface area contributed by atoms with Crippen LogP contribution in [0.25, 0.3) is 0 Å². The van der Waals surface area contributed by atoms with Gasteiger partial charge in [-0.3, -0.25) is 8.37 Å². The highest BCUT2D eigenvalue weighted by Crippen LogP contribution is 2.29. The highest BCUT2D eigenvalue weighted by Gasteiger charge is 2.41. The molecule has 74 heavy (non-hydrogen) atoms. The molecule has 2 aliphatic heterocycles. The Hall–Kier alpha value is 8.04. The second-order valence-corrected chi connectivity index (χ2v) is 75.6. The van der Waals surface area contributed by atoms with Crippen LogP contribution in [-0.2, 0) is 382 Å². The van der Waals surface area contributed by atoms with Crippen LogP contribution in [0.1, 0.15) is 78.6 Å². The Kier molecular flexibility index (Phi) is 63.7. The zero-order valence-electron chi connectivity index (χ0n) is 36.1. The summed E-state index contributed by atoms with van der Waals surface area (Å²) in [6.45, 7) is 5.45. The van der Waals surface area contributed by atoms with E-state index in [2.05, 4.69) is 36.1 Å². The van der Waals surface area contributed by atoms with Crippen LogP contribution in [0.15, 0.2) is 0 Å². The maximum Gasteiger partial charge on any atom is 0.407 e. The molecule has 5 fully saturated rings. The fraction of sp³-hybridized carbons (Fsp3) is 0.950. The summed E-state index contributed by atoms with van der Waals surface area (Å²) in [7, 11) is 60.2. The van der Waals surface area contributed by atoms with Crippen molar-refractivity contribution < 1.29 is 39.8 Å². The van der Waals surface area contributed by atoms with Crippen molar-refractivity contribution in [1.29, 1.82) is 0 Å². The number of nitrogens with one attached hydrogen (secondary N) is 3. The lowest BCUT2D eigenvalue weighted by molar-refractivity contribution is 0.0449. The Morgan fingerprint density at radius 1 is 0.595 bits per heavy atom.